The quantitative estimate of drug-likeness (QED) is 0.789. The van der Waals surface area contributed by atoms with Gasteiger partial charge < -0.3 is 9.88 Å². The summed E-state index contributed by atoms with van der Waals surface area (Å²) in [5, 5.41) is 3.45. The lowest BCUT2D eigenvalue weighted by molar-refractivity contribution is 0.641. The topological polar surface area (TPSA) is 42.7 Å². The SMILES string of the molecule is Cc1cnccc1CNCc1nc2ccccc2n1C. The molecule has 4 heteroatoms. The maximum absolute atomic E-state index is 4.65. The van der Waals surface area contributed by atoms with Crippen molar-refractivity contribution in [2.24, 2.45) is 7.05 Å². The van der Waals surface area contributed by atoms with Gasteiger partial charge in [-0.25, -0.2) is 4.98 Å². The van der Waals surface area contributed by atoms with Crippen LogP contribution in [-0.4, -0.2) is 14.5 Å². The van der Waals surface area contributed by atoms with Crippen LogP contribution in [-0.2, 0) is 20.1 Å². The van der Waals surface area contributed by atoms with Crippen LogP contribution in [0.4, 0.5) is 0 Å². The molecular formula is C16H18N4. The molecule has 1 aromatic carbocycles. The Hall–Kier alpha value is -2.20. The van der Waals surface area contributed by atoms with E-state index in [1.807, 2.05) is 30.6 Å². The summed E-state index contributed by atoms with van der Waals surface area (Å²) in [5.74, 6) is 1.05. The van der Waals surface area contributed by atoms with Gasteiger partial charge >= 0.3 is 0 Å². The highest BCUT2D eigenvalue weighted by Crippen LogP contribution is 2.14. The van der Waals surface area contributed by atoms with Crippen LogP contribution >= 0.6 is 0 Å². The lowest BCUT2D eigenvalue weighted by Gasteiger charge is -2.07. The maximum atomic E-state index is 4.65. The van der Waals surface area contributed by atoms with Crippen LogP contribution in [0.15, 0.2) is 42.7 Å². The van der Waals surface area contributed by atoms with Gasteiger partial charge in [-0.3, -0.25) is 4.98 Å². The minimum absolute atomic E-state index is 0.757. The van der Waals surface area contributed by atoms with E-state index in [9.17, 15) is 0 Å². The molecule has 4 nitrogen and oxygen atoms in total. The first kappa shape index (κ1) is 12.8. The summed E-state index contributed by atoms with van der Waals surface area (Å²) < 4.78 is 2.14. The predicted octanol–water partition coefficient (Wildman–Crippen LogP) is 2.57. The van der Waals surface area contributed by atoms with E-state index >= 15 is 0 Å². The van der Waals surface area contributed by atoms with Crippen molar-refractivity contribution in [1.82, 2.24) is 19.9 Å². The van der Waals surface area contributed by atoms with Crippen molar-refractivity contribution in [3.8, 4) is 0 Å². The van der Waals surface area contributed by atoms with Crippen LogP contribution in [0.3, 0.4) is 0 Å². The van der Waals surface area contributed by atoms with Crippen molar-refractivity contribution in [3.63, 3.8) is 0 Å². The summed E-state index contributed by atoms with van der Waals surface area (Å²) in [6.45, 7) is 3.67. The average molecular weight is 266 g/mol. The number of fused-ring (bicyclic) bond motifs is 1. The van der Waals surface area contributed by atoms with E-state index in [1.54, 1.807) is 0 Å². The summed E-state index contributed by atoms with van der Waals surface area (Å²) in [7, 11) is 2.06. The first-order chi connectivity index (χ1) is 9.75. The fourth-order valence-electron chi connectivity index (χ4n) is 2.36. The molecule has 0 unspecified atom stereocenters. The van der Waals surface area contributed by atoms with E-state index in [0.717, 1.165) is 24.4 Å². The van der Waals surface area contributed by atoms with Crippen molar-refractivity contribution < 1.29 is 0 Å². The van der Waals surface area contributed by atoms with Crippen molar-refractivity contribution in [3.05, 3.63) is 59.7 Å². The number of para-hydroxylation sites is 2. The molecule has 0 amide bonds. The molecule has 0 aliphatic rings. The van der Waals surface area contributed by atoms with Crippen LogP contribution in [0.1, 0.15) is 17.0 Å². The zero-order chi connectivity index (χ0) is 13.9. The van der Waals surface area contributed by atoms with Gasteiger partial charge in [0.2, 0.25) is 0 Å². The third kappa shape index (κ3) is 2.42. The lowest BCUT2D eigenvalue weighted by Crippen LogP contribution is -2.16. The fourth-order valence-corrected chi connectivity index (χ4v) is 2.36. The van der Waals surface area contributed by atoms with Crippen molar-refractivity contribution >= 4 is 11.0 Å². The minimum atomic E-state index is 0.757. The van der Waals surface area contributed by atoms with Gasteiger partial charge in [0, 0.05) is 26.0 Å². The fraction of sp³-hybridized carbons (Fsp3) is 0.250. The smallest absolute Gasteiger partial charge is 0.123 e. The Morgan fingerprint density at radius 2 is 2.00 bits per heavy atom. The minimum Gasteiger partial charge on any atom is -0.330 e. The summed E-state index contributed by atoms with van der Waals surface area (Å²) in [6.07, 6.45) is 3.73. The van der Waals surface area contributed by atoms with Gasteiger partial charge in [-0.1, -0.05) is 12.1 Å². The molecule has 0 fully saturated rings. The van der Waals surface area contributed by atoms with Crippen LogP contribution < -0.4 is 5.32 Å². The molecular weight excluding hydrogens is 248 g/mol. The first-order valence-corrected chi connectivity index (χ1v) is 6.76. The Labute approximate surface area is 118 Å². The zero-order valence-corrected chi connectivity index (χ0v) is 11.8. The number of nitrogens with one attached hydrogen (secondary N) is 1. The van der Waals surface area contributed by atoms with Crippen molar-refractivity contribution in [1.29, 1.82) is 0 Å². The molecule has 0 radical (unpaired) electrons. The number of pyridine rings is 1. The molecule has 2 heterocycles. The Balaban J connectivity index is 1.71. The predicted molar refractivity (Wildman–Crippen MR) is 80.2 cm³/mol. The van der Waals surface area contributed by atoms with E-state index < -0.39 is 0 Å². The number of hydrogen-bond acceptors (Lipinski definition) is 3. The molecule has 0 spiro atoms. The van der Waals surface area contributed by atoms with Crippen LogP contribution in [0.2, 0.25) is 0 Å². The molecule has 0 bridgehead atoms. The molecule has 3 rings (SSSR count). The largest absolute Gasteiger partial charge is 0.330 e. The molecule has 3 aromatic rings. The molecule has 2 aromatic heterocycles. The van der Waals surface area contributed by atoms with Crippen molar-refractivity contribution in [2.45, 2.75) is 20.0 Å². The standard InChI is InChI=1S/C16H18N4/c1-12-9-17-8-7-13(12)10-18-11-16-19-14-5-3-4-6-15(14)20(16)2/h3-9,18H,10-11H2,1-2H3. The van der Waals surface area contributed by atoms with Gasteiger partial charge in [0.15, 0.2) is 0 Å². The Morgan fingerprint density at radius 1 is 1.15 bits per heavy atom. The van der Waals surface area contributed by atoms with E-state index in [4.69, 9.17) is 0 Å². The number of rotatable bonds is 4. The molecule has 0 saturated heterocycles. The molecule has 102 valence electrons. The van der Waals surface area contributed by atoms with Gasteiger partial charge in [0.1, 0.15) is 5.82 Å². The summed E-state index contributed by atoms with van der Waals surface area (Å²) in [4.78, 5) is 8.76. The highest BCUT2D eigenvalue weighted by Gasteiger charge is 2.06. The van der Waals surface area contributed by atoms with E-state index in [2.05, 4.69) is 46.0 Å². The Morgan fingerprint density at radius 3 is 2.80 bits per heavy atom. The third-order valence-electron chi connectivity index (χ3n) is 3.61. The average Bonchev–Trinajstić information content (AvgIpc) is 2.78. The first-order valence-electron chi connectivity index (χ1n) is 6.76. The van der Waals surface area contributed by atoms with E-state index in [0.29, 0.717) is 0 Å². The molecule has 0 atom stereocenters. The summed E-state index contributed by atoms with van der Waals surface area (Å²) in [6, 6.07) is 10.3. The van der Waals surface area contributed by atoms with Crippen LogP contribution in [0.25, 0.3) is 11.0 Å². The summed E-state index contributed by atoms with van der Waals surface area (Å²) >= 11 is 0. The highest BCUT2D eigenvalue weighted by atomic mass is 15.1. The van der Waals surface area contributed by atoms with Gasteiger partial charge in [-0.15, -0.1) is 0 Å². The second-order valence-corrected chi connectivity index (χ2v) is 4.98. The maximum Gasteiger partial charge on any atom is 0.123 e. The van der Waals surface area contributed by atoms with E-state index in [-0.39, 0.29) is 0 Å². The molecule has 0 aliphatic carbocycles. The lowest BCUT2D eigenvalue weighted by atomic mass is 10.1. The van der Waals surface area contributed by atoms with Gasteiger partial charge in [0.25, 0.3) is 0 Å². The number of aromatic nitrogens is 3. The zero-order valence-electron chi connectivity index (χ0n) is 11.8. The number of nitrogens with zero attached hydrogens (tertiary/aromatic N) is 3. The third-order valence-corrected chi connectivity index (χ3v) is 3.61. The molecule has 0 aliphatic heterocycles. The second-order valence-electron chi connectivity index (χ2n) is 4.98. The Kier molecular flexibility index (Phi) is 3.48. The number of hydrogen-bond donors (Lipinski definition) is 1. The normalized spacial score (nSPS) is 11.1. The highest BCUT2D eigenvalue weighted by molar-refractivity contribution is 5.75. The van der Waals surface area contributed by atoms with Crippen LogP contribution in [0.5, 0.6) is 0 Å². The van der Waals surface area contributed by atoms with Crippen molar-refractivity contribution in [2.75, 3.05) is 0 Å². The number of imidazole rings is 1. The summed E-state index contributed by atoms with van der Waals surface area (Å²) in [5.41, 5.74) is 4.71. The van der Waals surface area contributed by atoms with Gasteiger partial charge in [-0.05, 0) is 36.2 Å². The number of aryl methyl sites for hydroxylation is 2. The second kappa shape index (κ2) is 5.43. The van der Waals surface area contributed by atoms with Crippen LogP contribution in [0, 0.1) is 6.92 Å². The monoisotopic (exact) mass is 266 g/mol. The molecule has 1 N–H and O–H groups in total. The number of benzene rings is 1. The van der Waals surface area contributed by atoms with Gasteiger partial charge in [-0.2, -0.15) is 0 Å². The Bertz CT molecular complexity index is 730. The molecule has 0 saturated carbocycles. The van der Waals surface area contributed by atoms with E-state index in [1.165, 1.54) is 16.6 Å². The van der Waals surface area contributed by atoms with Gasteiger partial charge in [0.05, 0.1) is 17.6 Å². The molecule has 20 heavy (non-hydrogen) atoms.